The van der Waals surface area contributed by atoms with Gasteiger partial charge in [0, 0.05) is 0 Å². The van der Waals surface area contributed by atoms with E-state index in [9.17, 15) is 0 Å². The predicted octanol–water partition coefficient (Wildman–Crippen LogP) is 1.85. The second-order valence-electron chi connectivity index (χ2n) is 4.71. The van der Waals surface area contributed by atoms with Gasteiger partial charge in [-0.3, -0.25) is 0 Å². The van der Waals surface area contributed by atoms with Crippen LogP contribution < -0.4 is 0 Å². The SMILES string of the molecule is CC(C)OCC1(COC(C)C)COC1. The Morgan fingerprint density at radius 3 is 1.64 bits per heavy atom. The maximum atomic E-state index is 5.62. The van der Waals surface area contributed by atoms with Crippen molar-refractivity contribution in [3.63, 3.8) is 0 Å². The first-order valence-electron chi connectivity index (χ1n) is 5.35. The molecular formula is C11H22O3. The van der Waals surface area contributed by atoms with E-state index in [0.717, 1.165) is 26.4 Å². The lowest BCUT2D eigenvalue weighted by Crippen LogP contribution is -2.50. The highest BCUT2D eigenvalue weighted by atomic mass is 16.5. The van der Waals surface area contributed by atoms with E-state index in [1.54, 1.807) is 0 Å². The Morgan fingerprint density at radius 1 is 1.00 bits per heavy atom. The van der Waals surface area contributed by atoms with Crippen molar-refractivity contribution in [2.45, 2.75) is 39.9 Å². The summed E-state index contributed by atoms with van der Waals surface area (Å²) in [5.74, 6) is 0. The van der Waals surface area contributed by atoms with Gasteiger partial charge in [-0.1, -0.05) is 0 Å². The zero-order valence-corrected chi connectivity index (χ0v) is 9.71. The molecule has 0 unspecified atom stereocenters. The molecule has 1 saturated heterocycles. The summed E-state index contributed by atoms with van der Waals surface area (Å²) in [5.41, 5.74) is 0.120. The van der Waals surface area contributed by atoms with E-state index < -0.39 is 0 Å². The van der Waals surface area contributed by atoms with Crippen molar-refractivity contribution < 1.29 is 14.2 Å². The van der Waals surface area contributed by atoms with Crippen LogP contribution in [0.2, 0.25) is 0 Å². The molecule has 0 amide bonds. The van der Waals surface area contributed by atoms with Crippen LogP contribution in [0.5, 0.6) is 0 Å². The Balaban J connectivity index is 2.26. The van der Waals surface area contributed by atoms with Gasteiger partial charge in [0.1, 0.15) is 0 Å². The monoisotopic (exact) mass is 202 g/mol. The smallest absolute Gasteiger partial charge is 0.0638 e. The molecule has 0 spiro atoms. The molecule has 1 aliphatic heterocycles. The van der Waals surface area contributed by atoms with Gasteiger partial charge in [-0.2, -0.15) is 0 Å². The van der Waals surface area contributed by atoms with Crippen LogP contribution in [0, 0.1) is 5.41 Å². The average Bonchev–Trinajstić information content (AvgIpc) is 2.01. The van der Waals surface area contributed by atoms with Gasteiger partial charge in [-0.05, 0) is 27.7 Å². The van der Waals surface area contributed by atoms with Gasteiger partial charge >= 0.3 is 0 Å². The van der Waals surface area contributed by atoms with Crippen LogP contribution in [0.25, 0.3) is 0 Å². The summed E-state index contributed by atoms with van der Waals surface area (Å²) in [6.07, 6.45) is 0.568. The van der Waals surface area contributed by atoms with Crippen LogP contribution in [0.15, 0.2) is 0 Å². The van der Waals surface area contributed by atoms with Gasteiger partial charge in [0.25, 0.3) is 0 Å². The minimum absolute atomic E-state index is 0.120. The molecule has 0 bridgehead atoms. The molecule has 3 heteroatoms. The maximum absolute atomic E-state index is 5.62. The van der Waals surface area contributed by atoms with Crippen LogP contribution in [0.3, 0.4) is 0 Å². The van der Waals surface area contributed by atoms with E-state index >= 15 is 0 Å². The fourth-order valence-corrected chi connectivity index (χ4v) is 1.29. The summed E-state index contributed by atoms with van der Waals surface area (Å²) >= 11 is 0. The van der Waals surface area contributed by atoms with Crippen molar-refractivity contribution in [1.29, 1.82) is 0 Å². The van der Waals surface area contributed by atoms with Crippen molar-refractivity contribution >= 4 is 0 Å². The molecule has 1 heterocycles. The zero-order valence-electron chi connectivity index (χ0n) is 9.71. The van der Waals surface area contributed by atoms with Crippen LogP contribution in [0.1, 0.15) is 27.7 Å². The highest BCUT2D eigenvalue weighted by molar-refractivity contribution is 4.85. The van der Waals surface area contributed by atoms with Gasteiger partial charge in [-0.25, -0.2) is 0 Å². The van der Waals surface area contributed by atoms with Crippen LogP contribution in [-0.2, 0) is 14.2 Å². The summed E-state index contributed by atoms with van der Waals surface area (Å²) in [6.45, 7) is 11.2. The van der Waals surface area contributed by atoms with E-state index in [4.69, 9.17) is 14.2 Å². The molecule has 0 aliphatic carbocycles. The molecule has 1 aliphatic rings. The first kappa shape index (κ1) is 12.0. The van der Waals surface area contributed by atoms with Crippen molar-refractivity contribution in [1.82, 2.24) is 0 Å². The quantitative estimate of drug-likeness (QED) is 0.658. The minimum atomic E-state index is 0.120. The number of rotatable bonds is 6. The number of hydrogen-bond acceptors (Lipinski definition) is 3. The van der Waals surface area contributed by atoms with Crippen molar-refractivity contribution in [2.24, 2.45) is 5.41 Å². The van der Waals surface area contributed by atoms with Crippen molar-refractivity contribution in [3.8, 4) is 0 Å². The lowest BCUT2D eigenvalue weighted by atomic mass is 9.88. The van der Waals surface area contributed by atoms with Crippen LogP contribution in [-0.4, -0.2) is 38.6 Å². The molecule has 0 aromatic rings. The molecule has 3 nitrogen and oxygen atoms in total. The van der Waals surface area contributed by atoms with E-state index in [1.165, 1.54) is 0 Å². The molecule has 0 aromatic carbocycles. The molecule has 14 heavy (non-hydrogen) atoms. The number of hydrogen-bond donors (Lipinski definition) is 0. The Hall–Kier alpha value is -0.120. The largest absolute Gasteiger partial charge is 0.380 e. The normalized spacial score (nSPS) is 20.1. The van der Waals surface area contributed by atoms with E-state index in [-0.39, 0.29) is 17.6 Å². The van der Waals surface area contributed by atoms with Crippen LogP contribution in [0.4, 0.5) is 0 Å². The van der Waals surface area contributed by atoms with Crippen LogP contribution >= 0.6 is 0 Å². The third-order valence-corrected chi connectivity index (χ3v) is 2.26. The van der Waals surface area contributed by atoms with Gasteiger partial charge in [-0.15, -0.1) is 0 Å². The summed E-state index contributed by atoms with van der Waals surface area (Å²) < 4.78 is 16.5. The summed E-state index contributed by atoms with van der Waals surface area (Å²) in [6, 6.07) is 0. The molecule has 0 radical (unpaired) electrons. The molecule has 84 valence electrons. The minimum Gasteiger partial charge on any atom is -0.380 e. The highest BCUT2D eigenvalue weighted by Gasteiger charge is 2.39. The Labute approximate surface area is 86.7 Å². The molecular weight excluding hydrogens is 180 g/mol. The van der Waals surface area contributed by atoms with E-state index in [0.29, 0.717) is 0 Å². The molecule has 0 atom stereocenters. The standard InChI is InChI=1S/C11H22O3/c1-9(2)13-7-11(5-12-6-11)8-14-10(3)4/h9-10H,5-8H2,1-4H3. The Bertz CT molecular complexity index is 148. The molecule has 0 aromatic heterocycles. The average molecular weight is 202 g/mol. The Kier molecular flexibility index (Phi) is 4.35. The summed E-state index contributed by atoms with van der Waals surface area (Å²) in [5, 5.41) is 0. The topological polar surface area (TPSA) is 27.7 Å². The van der Waals surface area contributed by atoms with E-state index in [1.807, 2.05) is 0 Å². The maximum Gasteiger partial charge on any atom is 0.0638 e. The first-order valence-corrected chi connectivity index (χ1v) is 5.35. The lowest BCUT2D eigenvalue weighted by molar-refractivity contribution is -0.188. The summed E-state index contributed by atoms with van der Waals surface area (Å²) in [7, 11) is 0. The molecule has 0 N–H and O–H groups in total. The number of ether oxygens (including phenoxy) is 3. The second kappa shape index (κ2) is 5.10. The third kappa shape index (κ3) is 3.56. The third-order valence-electron chi connectivity index (χ3n) is 2.26. The zero-order chi connectivity index (χ0) is 10.6. The van der Waals surface area contributed by atoms with Gasteiger partial charge in [0.2, 0.25) is 0 Å². The highest BCUT2D eigenvalue weighted by Crippen LogP contribution is 2.29. The van der Waals surface area contributed by atoms with Gasteiger partial charge in [0.15, 0.2) is 0 Å². The first-order chi connectivity index (χ1) is 6.54. The molecule has 0 saturated carbocycles. The fourth-order valence-electron chi connectivity index (χ4n) is 1.29. The van der Waals surface area contributed by atoms with Gasteiger partial charge < -0.3 is 14.2 Å². The lowest BCUT2D eigenvalue weighted by Gasteiger charge is -2.41. The predicted molar refractivity (Wildman–Crippen MR) is 55.4 cm³/mol. The second-order valence-corrected chi connectivity index (χ2v) is 4.71. The van der Waals surface area contributed by atoms with Crippen molar-refractivity contribution in [2.75, 3.05) is 26.4 Å². The summed E-state index contributed by atoms with van der Waals surface area (Å²) in [4.78, 5) is 0. The van der Waals surface area contributed by atoms with Crippen molar-refractivity contribution in [3.05, 3.63) is 0 Å². The molecule has 1 rings (SSSR count). The van der Waals surface area contributed by atoms with E-state index in [2.05, 4.69) is 27.7 Å². The Morgan fingerprint density at radius 2 is 1.43 bits per heavy atom. The fraction of sp³-hybridized carbons (Fsp3) is 1.00. The van der Waals surface area contributed by atoms with Gasteiger partial charge in [0.05, 0.1) is 44.1 Å². The molecule has 1 fully saturated rings.